The molecule has 0 spiro atoms. The zero-order valence-electron chi connectivity index (χ0n) is 32.9. The summed E-state index contributed by atoms with van der Waals surface area (Å²) in [6.45, 7) is 4.06. The van der Waals surface area contributed by atoms with Crippen LogP contribution in [0, 0.1) is 0 Å². The second kappa shape index (κ2) is 14.8. The highest BCUT2D eigenvalue weighted by Crippen LogP contribution is 2.39. The van der Waals surface area contributed by atoms with Crippen LogP contribution in [0.4, 0.5) is 11.4 Å². The Bertz CT molecular complexity index is 3510. The molecule has 0 aliphatic rings. The van der Waals surface area contributed by atoms with Crippen molar-refractivity contribution in [3.63, 3.8) is 0 Å². The van der Waals surface area contributed by atoms with Gasteiger partial charge in [-0.05, 0) is 138 Å². The Morgan fingerprint density at radius 3 is 1.92 bits per heavy atom. The highest BCUT2D eigenvalue weighted by Gasteiger charge is 2.17. The first kappa shape index (κ1) is 35.2. The van der Waals surface area contributed by atoms with E-state index in [0.29, 0.717) is 0 Å². The highest BCUT2D eigenvalue weighted by atomic mass is 16.3. The molecule has 60 heavy (non-hydrogen) atoms. The third-order valence-electron chi connectivity index (χ3n) is 11.7. The standard InChI is InChI=1S/C58H39NO/c1-2-3-18-49(33-39-23-32-57-55(34-39)56-37-43-14-4-5-15-44(43)38-58(56)60-57)59(50-19-10-17-46(36-50)53-22-11-16-41-12-6-8-20-51(41)53)48-29-26-40(27-30-48)45-28-31-54-47(35-45)25-24-42-13-7-9-21-52(42)54/h2-38H,1H2/b18-3-,49-33-. The number of hydrogen-bond donors (Lipinski definition) is 0. The Hall–Kier alpha value is -7.94. The largest absolute Gasteiger partial charge is 0.456 e. The third-order valence-corrected chi connectivity index (χ3v) is 11.7. The maximum absolute atomic E-state index is 6.39. The Morgan fingerprint density at radius 1 is 0.417 bits per heavy atom. The van der Waals surface area contributed by atoms with Crippen LogP contribution >= 0.6 is 0 Å². The van der Waals surface area contributed by atoms with Gasteiger partial charge in [0, 0.05) is 27.8 Å². The third kappa shape index (κ3) is 6.32. The molecule has 1 heterocycles. The summed E-state index contributed by atoms with van der Waals surface area (Å²) >= 11 is 0. The van der Waals surface area contributed by atoms with Gasteiger partial charge in [-0.3, -0.25) is 0 Å². The SMILES string of the molecule is C=C/C=C\C(=C\c1ccc2oc3cc4ccccc4cc3c2c1)N(c1ccc(-c2ccc3c(ccc4ccccc43)c2)cc1)c1cccc(-c2cccc3ccccc23)c1. The lowest BCUT2D eigenvalue weighted by molar-refractivity contribution is 0.669. The summed E-state index contributed by atoms with van der Waals surface area (Å²) in [6.07, 6.45) is 8.25. The van der Waals surface area contributed by atoms with Crippen molar-refractivity contribution >= 4 is 82.5 Å². The molecule has 10 aromatic carbocycles. The van der Waals surface area contributed by atoms with Gasteiger partial charge in [-0.15, -0.1) is 0 Å². The van der Waals surface area contributed by atoms with Gasteiger partial charge in [0.2, 0.25) is 0 Å². The van der Waals surface area contributed by atoms with Crippen LogP contribution in [0.2, 0.25) is 0 Å². The van der Waals surface area contributed by atoms with Gasteiger partial charge in [0.25, 0.3) is 0 Å². The van der Waals surface area contributed by atoms with Crippen molar-refractivity contribution < 1.29 is 4.42 Å². The van der Waals surface area contributed by atoms with Crippen LogP contribution in [0.3, 0.4) is 0 Å². The normalized spacial score (nSPS) is 12.1. The summed E-state index contributed by atoms with van der Waals surface area (Å²) < 4.78 is 6.39. The molecule has 0 atom stereocenters. The lowest BCUT2D eigenvalue weighted by atomic mass is 9.97. The van der Waals surface area contributed by atoms with Crippen molar-refractivity contribution in [2.75, 3.05) is 4.90 Å². The fourth-order valence-electron chi connectivity index (χ4n) is 8.83. The van der Waals surface area contributed by atoms with Gasteiger partial charge in [-0.2, -0.15) is 0 Å². The van der Waals surface area contributed by atoms with E-state index in [0.717, 1.165) is 55.7 Å². The van der Waals surface area contributed by atoms with Gasteiger partial charge in [-0.1, -0.05) is 164 Å². The molecule has 11 aromatic rings. The first-order valence-electron chi connectivity index (χ1n) is 20.4. The molecule has 1 aromatic heterocycles. The molecule has 0 unspecified atom stereocenters. The highest BCUT2D eigenvalue weighted by molar-refractivity contribution is 6.11. The van der Waals surface area contributed by atoms with E-state index in [1.165, 1.54) is 54.2 Å². The summed E-state index contributed by atoms with van der Waals surface area (Å²) in [5, 5.41) is 12.1. The summed E-state index contributed by atoms with van der Waals surface area (Å²) in [5.74, 6) is 0. The lowest BCUT2D eigenvalue weighted by Crippen LogP contribution is -2.15. The minimum atomic E-state index is 0.873. The van der Waals surface area contributed by atoms with Gasteiger partial charge in [0.15, 0.2) is 0 Å². The molecule has 0 aliphatic carbocycles. The molecule has 0 fully saturated rings. The Labute approximate surface area is 348 Å². The maximum Gasteiger partial charge on any atom is 0.136 e. The molecule has 0 N–H and O–H groups in total. The number of allylic oxidation sites excluding steroid dienone is 3. The molecule has 0 bridgehead atoms. The van der Waals surface area contributed by atoms with Crippen LogP contribution < -0.4 is 4.90 Å². The first-order chi connectivity index (χ1) is 29.7. The van der Waals surface area contributed by atoms with Crippen LogP contribution in [-0.2, 0) is 0 Å². The number of hydrogen-bond acceptors (Lipinski definition) is 2. The number of nitrogens with zero attached hydrogens (tertiary/aromatic N) is 1. The van der Waals surface area contributed by atoms with E-state index in [1.807, 2.05) is 12.2 Å². The number of furan rings is 1. The average molecular weight is 766 g/mol. The Morgan fingerprint density at radius 2 is 1.08 bits per heavy atom. The molecule has 0 amide bonds. The van der Waals surface area contributed by atoms with Gasteiger partial charge < -0.3 is 9.32 Å². The molecular weight excluding hydrogens is 727 g/mol. The fraction of sp³-hybridized carbons (Fsp3) is 0. The predicted octanol–water partition coefficient (Wildman–Crippen LogP) is 16.5. The summed E-state index contributed by atoms with van der Waals surface area (Å²) in [5.41, 5.74) is 10.6. The zero-order chi connectivity index (χ0) is 40.0. The van der Waals surface area contributed by atoms with Crippen LogP contribution in [0.25, 0.3) is 93.4 Å². The van der Waals surface area contributed by atoms with Gasteiger partial charge in [-0.25, -0.2) is 0 Å². The monoisotopic (exact) mass is 765 g/mol. The quantitative estimate of drug-likeness (QED) is 0.113. The summed E-state index contributed by atoms with van der Waals surface area (Å²) in [4.78, 5) is 2.34. The van der Waals surface area contributed by atoms with Crippen molar-refractivity contribution in [2.24, 2.45) is 0 Å². The van der Waals surface area contributed by atoms with Crippen LogP contribution in [0.1, 0.15) is 5.56 Å². The van der Waals surface area contributed by atoms with E-state index in [4.69, 9.17) is 4.42 Å². The molecule has 0 radical (unpaired) electrons. The van der Waals surface area contributed by atoms with Crippen molar-refractivity contribution in [3.8, 4) is 22.3 Å². The average Bonchev–Trinajstić information content (AvgIpc) is 3.66. The van der Waals surface area contributed by atoms with Crippen LogP contribution in [0.15, 0.2) is 235 Å². The summed E-state index contributed by atoms with van der Waals surface area (Å²) in [7, 11) is 0. The molecule has 2 heteroatoms. The van der Waals surface area contributed by atoms with E-state index < -0.39 is 0 Å². The van der Waals surface area contributed by atoms with E-state index in [2.05, 4.69) is 224 Å². The van der Waals surface area contributed by atoms with Crippen molar-refractivity contribution in [3.05, 3.63) is 236 Å². The maximum atomic E-state index is 6.39. The smallest absolute Gasteiger partial charge is 0.136 e. The molecule has 0 aliphatic heterocycles. The minimum absolute atomic E-state index is 0.873. The van der Waals surface area contributed by atoms with Crippen molar-refractivity contribution in [1.29, 1.82) is 0 Å². The molecule has 282 valence electrons. The number of benzene rings is 10. The molecule has 2 nitrogen and oxygen atoms in total. The molecular formula is C58H39NO. The fourth-order valence-corrected chi connectivity index (χ4v) is 8.83. The van der Waals surface area contributed by atoms with Crippen LogP contribution in [-0.4, -0.2) is 0 Å². The first-order valence-corrected chi connectivity index (χ1v) is 20.4. The van der Waals surface area contributed by atoms with Crippen LogP contribution in [0.5, 0.6) is 0 Å². The van der Waals surface area contributed by atoms with Gasteiger partial charge in [0.05, 0.1) is 0 Å². The second-order valence-electron chi connectivity index (χ2n) is 15.4. The van der Waals surface area contributed by atoms with E-state index in [1.54, 1.807) is 0 Å². The molecule has 0 saturated heterocycles. The lowest BCUT2D eigenvalue weighted by Gasteiger charge is -2.27. The molecule has 11 rings (SSSR count). The van der Waals surface area contributed by atoms with E-state index >= 15 is 0 Å². The van der Waals surface area contributed by atoms with Crippen molar-refractivity contribution in [2.45, 2.75) is 0 Å². The molecule has 0 saturated carbocycles. The number of rotatable bonds is 8. The van der Waals surface area contributed by atoms with E-state index in [9.17, 15) is 0 Å². The number of fused-ring (bicyclic) bond motifs is 8. The minimum Gasteiger partial charge on any atom is -0.456 e. The Balaban J connectivity index is 1.06. The predicted molar refractivity (Wildman–Crippen MR) is 257 cm³/mol. The zero-order valence-corrected chi connectivity index (χ0v) is 32.9. The topological polar surface area (TPSA) is 16.4 Å². The van der Waals surface area contributed by atoms with Crippen molar-refractivity contribution in [1.82, 2.24) is 0 Å². The second-order valence-corrected chi connectivity index (χ2v) is 15.4. The van der Waals surface area contributed by atoms with E-state index in [-0.39, 0.29) is 0 Å². The van der Waals surface area contributed by atoms with Gasteiger partial charge >= 0.3 is 0 Å². The Kier molecular flexibility index (Phi) is 8.68. The van der Waals surface area contributed by atoms with Gasteiger partial charge in [0.1, 0.15) is 11.2 Å². The summed E-state index contributed by atoms with van der Waals surface area (Å²) in [6, 6.07) is 72.1. The number of anilines is 2.